The summed E-state index contributed by atoms with van der Waals surface area (Å²) in [6.45, 7) is 6.57. The highest BCUT2D eigenvalue weighted by Crippen LogP contribution is 2.18. The molecule has 1 atom stereocenters. The molecule has 6 nitrogen and oxygen atoms in total. The number of unbranched alkanes of at least 4 members (excludes halogenated alkanes) is 40. The van der Waals surface area contributed by atoms with Gasteiger partial charge >= 0.3 is 17.9 Å². The van der Waals surface area contributed by atoms with E-state index in [0.29, 0.717) is 19.3 Å². The standard InChI is InChI=1S/C67H122O6/c1-4-7-10-13-16-19-22-24-26-28-30-31-32-33-34-35-36-37-38-40-41-43-45-48-51-54-57-60-66(69)72-63-64(62-71-65(68)59-56-53-50-47-21-18-15-12-9-6-3)73-67(70)61-58-55-52-49-46-44-42-39-29-27-25-23-20-17-14-11-8-5-2/h7,10,16,19,24,26,30-31,64H,4-6,8-9,11-15,17-18,20-23,25,27-29,32-63H2,1-3H3/b10-7-,19-16-,26-24-,31-30-. The van der Waals surface area contributed by atoms with Crippen molar-refractivity contribution >= 4 is 17.9 Å². The molecule has 0 fully saturated rings. The Labute approximate surface area is 454 Å². The molecule has 0 amide bonds. The van der Waals surface area contributed by atoms with Gasteiger partial charge < -0.3 is 14.2 Å². The number of hydrogen-bond donors (Lipinski definition) is 0. The SMILES string of the molecule is CC/C=C\C/C=C\C/C=C\C/C=C\CCCCCCCCCCCCCCCCC(=O)OCC(COC(=O)CCCCCCCCCCCC)OC(=O)CCCCCCCCCCCCCCCCCCCC. The lowest BCUT2D eigenvalue weighted by Gasteiger charge is -2.18. The van der Waals surface area contributed by atoms with Crippen LogP contribution in [0.2, 0.25) is 0 Å². The van der Waals surface area contributed by atoms with E-state index in [4.69, 9.17) is 14.2 Å². The first kappa shape index (κ1) is 70.4. The zero-order chi connectivity index (χ0) is 52.9. The lowest BCUT2D eigenvalue weighted by molar-refractivity contribution is -0.167. The molecular weight excluding hydrogens is 901 g/mol. The zero-order valence-corrected chi connectivity index (χ0v) is 48.9. The van der Waals surface area contributed by atoms with Crippen molar-refractivity contribution in [3.8, 4) is 0 Å². The van der Waals surface area contributed by atoms with Gasteiger partial charge in [0.1, 0.15) is 13.2 Å². The van der Waals surface area contributed by atoms with E-state index in [1.54, 1.807) is 0 Å². The number of esters is 3. The van der Waals surface area contributed by atoms with Crippen LogP contribution in [0, 0.1) is 0 Å². The third-order valence-corrected chi connectivity index (χ3v) is 14.3. The Balaban J connectivity index is 4.17. The summed E-state index contributed by atoms with van der Waals surface area (Å²) in [5.41, 5.74) is 0. The van der Waals surface area contributed by atoms with E-state index < -0.39 is 6.10 Å². The summed E-state index contributed by atoms with van der Waals surface area (Å²) in [5, 5.41) is 0. The van der Waals surface area contributed by atoms with Crippen molar-refractivity contribution in [1.29, 1.82) is 0 Å². The summed E-state index contributed by atoms with van der Waals surface area (Å²) >= 11 is 0. The second-order valence-electron chi connectivity index (χ2n) is 21.7. The molecule has 0 saturated heterocycles. The molecule has 0 aliphatic rings. The molecule has 0 radical (unpaired) electrons. The molecular formula is C67H122O6. The lowest BCUT2D eigenvalue weighted by Crippen LogP contribution is -2.30. The van der Waals surface area contributed by atoms with Gasteiger partial charge in [0, 0.05) is 19.3 Å². The number of carbonyl (C=O) groups excluding carboxylic acids is 3. The number of allylic oxidation sites excluding steroid dienone is 8. The van der Waals surface area contributed by atoms with Crippen molar-refractivity contribution in [2.75, 3.05) is 13.2 Å². The van der Waals surface area contributed by atoms with E-state index in [1.807, 2.05) is 0 Å². The van der Waals surface area contributed by atoms with Crippen molar-refractivity contribution in [3.05, 3.63) is 48.6 Å². The summed E-state index contributed by atoms with van der Waals surface area (Å²) in [6.07, 6.45) is 77.0. The van der Waals surface area contributed by atoms with Gasteiger partial charge in [-0.15, -0.1) is 0 Å². The van der Waals surface area contributed by atoms with E-state index in [9.17, 15) is 14.4 Å². The highest BCUT2D eigenvalue weighted by atomic mass is 16.6. The topological polar surface area (TPSA) is 78.9 Å². The highest BCUT2D eigenvalue weighted by molar-refractivity contribution is 5.71. The van der Waals surface area contributed by atoms with Crippen LogP contribution >= 0.6 is 0 Å². The van der Waals surface area contributed by atoms with Crippen molar-refractivity contribution < 1.29 is 28.6 Å². The normalized spacial score (nSPS) is 12.3. The van der Waals surface area contributed by atoms with Gasteiger partial charge in [-0.2, -0.15) is 0 Å². The zero-order valence-electron chi connectivity index (χ0n) is 48.9. The fourth-order valence-electron chi connectivity index (χ4n) is 9.56. The van der Waals surface area contributed by atoms with Crippen LogP contribution in [0.3, 0.4) is 0 Å². The van der Waals surface area contributed by atoms with Crippen LogP contribution < -0.4 is 0 Å². The molecule has 0 bridgehead atoms. The maximum absolute atomic E-state index is 12.9. The fourth-order valence-corrected chi connectivity index (χ4v) is 9.56. The van der Waals surface area contributed by atoms with E-state index >= 15 is 0 Å². The molecule has 0 aromatic rings. The van der Waals surface area contributed by atoms with Gasteiger partial charge in [-0.25, -0.2) is 0 Å². The Morgan fingerprint density at radius 1 is 0.288 bits per heavy atom. The molecule has 0 spiro atoms. The maximum Gasteiger partial charge on any atom is 0.306 e. The predicted octanol–water partition coefficient (Wildman–Crippen LogP) is 21.8. The minimum absolute atomic E-state index is 0.0670. The third kappa shape index (κ3) is 60.1. The van der Waals surface area contributed by atoms with Crippen LogP contribution in [0.25, 0.3) is 0 Å². The van der Waals surface area contributed by atoms with Crippen LogP contribution in [0.5, 0.6) is 0 Å². The number of carbonyl (C=O) groups is 3. The van der Waals surface area contributed by atoms with E-state index in [0.717, 1.165) is 83.5 Å². The summed E-state index contributed by atoms with van der Waals surface area (Å²) in [6, 6.07) is 0. The fraction of sp³-hybridized carbons (Fsp3) is 0.836. The molecule has 73 heavy (non-hydrogen) atoms. The number of ether oxygens (including phenoxy) is 3. The maximum atomic E-state index is 12.9. The number of rotatable bonds is 59. The quantitative estimate of drug-likeness (QED) is 0.0261. The van der Waals surface area contributed by atoms with Gasteiger partial charge in [0.15, 0.2) is 6.10 Å². The molecule has 426 valence electrons. The first-order valence-corrected chi connectivity index (χ1v) is 32.1. The van der Waals surface area contributed by atoms with Crippen molar-refractivity contribution in [3.63, 3.8) is 0 Å². The van der Waals surface area contributed by atoms with Gasteiger partial charge in [0.25, 0.3) is 0 Å². The number of hydrogen-bond acceptors (Lipinski definition) is 6. The van der Waals surface area contributed by atoms with Gasteiger partial charge in [0.05, 0.1) is 0 Å². The summed E-state index contributed by atoms with van der Waals surface area (Å²) in [5.74, 6) is -0.846. The Morgan fingerprint density at radius 2 is 0.534 bits per heavy atom. The summed E-state index contributed by atoms with van der Waals surface area (Å²) in [4.78, 5) is 38.2. The molecule has 6 heteroatoms. The van der Waals surface area contributed by atoms with E-state index in [1.165, 1.54) is 218 Å². The summed E-state index contributed by atoms with van der Waals surface area (Å²) < 4.78 is 16.9. The van der Waals surface area contributed by atoms with Crippen LogP contribution in [0.1, 0.15) is 342 Å². The summed E-state index contributed by atoms with van der Waals surface area (Å²) in [7, 11) is 0. The molecule has 0 heterocycles. The smallest absolute Gasteiger partial charge is 0.306 e. The van der Waals surface area contributed by atoms with Gasteiger partial charge in [0.2, 0.25) is 0 Å². The Hall–Kier alpha value is -2.63. The third-order valence-electron chi connectivity index (χ3n) is 14.3. The Bertz CT molecular complexity index is 1270. The van der Waals surface area contributed by atoms with Crippen LogP contribution in [0.15, 0.2) is 48.6 Å². The van der Waals surface area contributed by atoms with Gasteiger partial charge in [-0.3, -0.25) is 14.4 Å². The molecule has 0 aliphatic carbocycles. The minimum Gasteiger partial charge on any atom is -0.462 e. The van der Waals surface area contributed by atoms with E-state index in [-0.39, 0.29) is 31.1 Å². The first-order chi connectivity index (χ1) is 36.0. The molecule has 0 aliphatic heterocycles. The monoisotopic (exact) mass is 1020 g/mol. The van der Waals surface area contributed by atoms with Gasteiger partial charge in [-0.1, -0.05) is 313 Å². The molecule has 1 unspecified atom stereocenters. The average Bonchev–Trinajstić information content (AvgIpc) is 3.39. The molecule has 0 aromatic carbocycles. The molecule has 0 saturated carbocycles. The average molecular weight is 1020 g/mol. The Morgan fingerprint density at radius 3 is 0.836 bits per heavy atom. The van der Waals surface area contributed by atoms with Crippen LogP contribution in [-0.4, -0.2) is 37.2 Å². The highest BCUT2D eigenvalue weighted by Gasteiger charge is 2.19. The molecule has 0 aromatic heterocycles. The van der Waals surface area contributed by atoms with Crippen LogP contribution in [0.4, 0.5) is 0 Å². The second-order valence-corrected chi connectivity index (χ2v) is 21.7. The van der Waals surface area contributed by atoms with Crippen molar-refractivity contribution in [2.24, 2.45) is 0 Å². The van der Waals surface area contributed by atoms with Crippen LogP contribution in [-0.2, 0) is 28.6 Å². The second kappa shape index (κ2) is 61.9. The predicted molar refractivity (Wildman–Crippen MR) is 316 cm³/mol. The minimum atomic E-state index is -0.768. The van der Waals surface area contributed by atoms with Gasteiger partial charge in [-0.05, 0) is 57.8 Å². The van der Waals surface area contributed by atoms with Crippen molar-refractivity contribution in [1.82, 2.24) is 0 Å². The molecule has 0 rings (SSSR count). The molecule has 0 N–H and O–H groups in total. The lowest BCUT2D eigenvalue weighted by atomic mass is 10.0. The van der Waals surface area contributed by atoms with Crippen molar-refractivity contribution in [2.45, 2.75) is 348 Å². The van der Waals surface area contributed by atoms with E-state index in [2.05, 4.69) is 69.4 Å². The largest absolute Gasteiger partial charge is 0.462 e. The Kier molecular flexibility index (Phi) is 59.7. The first-order valence-electron chi connectivity index (χ1n) is 32.1.